The third kappa shape index (κ3) is 1.06. The maximum Gasteiger partial charge on any atom is -0.0194 e. The van der Waals surface area contributed by atoms with Crippen molar-refractivity contribution in [2.24, 2.45) is 59.2 Å². The fourth-order valence-electron chi connectivity index (χ4n) is 7.33. The third-order valence-electron chi connectivity index (χ3n) is 7.86. The Kier molecular flexibility index (Phi) is 1.90. The van der Waals surface area contributed by atoms with Crippen LogP contribution in [0.4, 0.5) is 0 Å². The molecule has 0 aromatic carbocycles. The van der Waals surface area contributed by atoms with Gasteiger partial charge < -0.3 is 0 Å². The molecular weight excluding hydrogens is 216 g/mol. The molecule has 5 aliphatic rings. The summed E-state index contributed by atoms with van der Waals surface area (Å²) in [6.07, 6.45) is 11.5. The average Bonchev–Trinajstić information content (AvgIpc) is 3.12. The molecule has 4 bridgehead atoms. The highest BCUT2D eigenvalue weighted by atomic mass is 14.7. The van der Waals surface area contributed by atoms with Crippen LogP contribution in [-0.2, 0) is 0 Å². The molecule has 0 aromatic heterocycles. The van der Waals surface area contributed by atoms with Crippen molar-refractivity contribution >= 4 is 0 Å². The molecule has 0 spiro atoms. The van der Waals surface area contributed by atoms with Crippen molar-refractivity contribution in [3.8, 4) is 0 Å². The summed E-state index contributed by atoms with van der Waals surface area (Å²) in [5.74, 6) is 10.9. The highest BCUT2D eigenvalue weighted by molar-refractivity contribution is 5.22. The summed E-state index contributed by atoms with van der Waals surface area (Å²) in [6.45, 7) is 4.92. The molecule has 4 saturated carbocycles. The summed E-state index contributed by atoms with van der Waals surface area (Å²) in [6, 6.07) is 0. The van der Waals surface area contributed by atoms with E-state index in [-0.39, 0.29) is 0 Å². The van der Waals surface area contributed by atoms with Crippen LogP contribution in [0.1, 0.15) is 39.5 Å². The zero-order chi connectivity index (χ0) is 12.0. The molecule has 0 aromatic rings. The van der Waals surface area contributed by atoms with E-state index in [1.807, 2.05) is 0 Å². The first kappa shape index (κ1) is 10.5. The van der Waals surface area contributed by atoms with Gasteiger partial charge in [-0.05, 0) is 84.9 Å². The van der Waals surface area contributed by atoms with Gasteiger partial charge >= 0.3 is 0 Å². The molecule has 8 unspecified atom stereocenters. The molecule has 4 fully saturated rings. The summed E-state index contributed by atoms with van der Waals surface area (Å²) in [5, 5.41) is 0. The topological polar surface area (TPSA) is 0 Å². The minimum Gasteiger partial charge on any atom is -0.0848 e. The number of allylic oxidation sites excluding steroid dienone is 2. The van der Waals surface area contributed by atoms with Crippen molar-refractivity contribution < 1.29 is 0 Å². The molecule has 5 aliphatic carbocycles. The van der Waals surface area contributed by atoms with Gasteiger partial charge in [0, 0.05) is 0 Å². The fraction of sp³-hybridized carbons (Fsp3) is 0.889. The highest BCUT2D eigenvalue weighted by Gasteiger charge is 2.65. The standard InChI is InChI=1S/C18H26/c1-9(2)12-6-13-14(7-12)16-8-15(13)17-10-3-4-11(5-10)18(16)17/h3-4,9-18H,5-8H2,1-2H3. The maximum atomic E-state index is 2.59. The van der Waals surface area contributed by atoms with Gasteiger partial charge in [0.05, 0.1) is 0 Å². The van der Waals surface area contributed by atoms with Crippen LogP contribution < -0.4 is 0 Å². The number of hydrogen-bond donors (Lipinski definition) is 0. The Labute approximate surface area is 111 Å². The third-order valence-corrected chi connectivity index (χ3v) is 7.86. The molecule has 5 rings (SSSR count). The normalized spacial score (nSPS) is 62.9. The molecule has 0 heteroatoms. The monoisotopic (exact) mass is 242 g/mol. The first-order valence-corrected chi connectivity index (χ1v) is 8.42. The predicted octanol–water partition coefficient (Wildman–Crippen LogP) is 4.37. The first-order valence-electron chi connectivity index (χ1n) is 8.42. The van der Waals surface area contributed by atoms with Gasteiger partial charge in [-0.2, -0.15) is 0 Å². The molecule has 0 nitrogen and oxygen atoms in total. The van der Waals surface area contributed by atoms with Gasteiger partial charge in [0.1, 0.15) is 0 Å². The summed E-state index contributed by atoms with van der Waals surface area (Å²) < 4.78 is 0. The lowest BCUT2D eigenvalue weighted by molar-refractivity contribution is 0.108. The molecule has 0 amide bonds. The Hall–Kier alpha value is -0.260. The van der Waals surface area contributed by atoms with Crippen LogP contribution >= 0.6 is 0 Å². The molecule has 98 valence electrons. The average molecular weight is 242 g/mol. The van der Waals surface area contributed by atoms with Crippen LogP contribution in [0.5, 0.6) is 0 Å². The SMILES string of the molecule is CC(C)C1CC2C(C1)C1CC2C2C3C=CC(C3)C12. The van der Waals surface area contributed by atoms with Crippen LogP contribution in [0.15, 0.2) is 12.2 Å². The van der Waals surface area contributed by atoms with Crippen molar-refractivity contribution in [3.05, 3.63) is 12.2 Å². The lowest BCUT2D eigenvalue weighted by Gasteiger charge is -2.39. The smallest absolute Gasteiger partial charge is 0.0194 e. The van der Waals surface area contributed by atoms with Crippen molar-refractivity contribution in [1.29, 1.82) is 0 Å². The summed E-state index contributed by atoms with van der Waals surface area (Å²) in [5.41, 5.74) is 0. The largest absolute Gasteiger partial charge is 0.0848 e. The van der Waals surface area contributed by atoms with E-state index in [1.54, 1.807) is 19.3 Å². The molecule has 0 N–H and O–H groups in total. The van der Waals surface area contributed by atoms with E-state index in [1.165, 1.54) is 6.42 Å². The van der Waals surface area contributed by atoms with Gasteiger partial charge in [0.25, 0.3) is 0 Å². The van der Waals surface area contributed by atoms with Crippen molar-refractivity contribution in [2.75, 3.05) is 0 Å². The summed E-state index contributed by atoms with van der Waals surface area (Å²) in [4.78, 5) is 0. The molecular formula is C18H26. The molecule has 18 heavy (non-hydrogen) atoms. The van der Waals surface area contributed by atoms with E-state index < -0.39 is 0 Å². The number of rotatable bonds is 1. The van der Waals surface area contributed by atoms with Crippen molar-refractivity contribution in [2.45, 2.75) is 39.5 Å². The van der Waals surface area contributed by atoms with Crippen LogP contribution in [-0.4, -0.2) is 0 Å². The maximum absolute atomic E-state index is 2.59. The second kappa shape index (κ2) is 3.25. The van der Waals surface area contributed by atoms with Crippen LogP contribution in [0.2, 0.25) is 0 Å². The molecule has 8 atom stereocenters. The van der Waals surface area contributed by atoms with Gasteiger partial charge in [-0.3, -0.25) is 0 Å². The van der Waals surface area contributed by atoms with E-state index in [0.717, 1.165) is 59.2 Å². The van der Waals surface area contributed by atoms with E-state index in [0.29, 0.717) is 0 Å². The van der Waals surface area contributed by atoms with E-state index in [9.17, 15) is 0 Å². The minimum atomic E-state index is 0.935. The van der Waals surface area contributed by atoms with Gasteiger partial charge in [-0.15, -0.1) is 0 Å². The Bertz CT molecular complexity index is 374. The first-order chi connectivity index (χ1) is 8.74. The Morgan fingerprint density at radius 1 is 0.722 bits per heavy atom. The summed E-state index contributed by atoms with van der Waals surface area (Å²) >= 11 is 0. The molecule has 0 heterocycles. The van der Waals surface area contributed by atoms with Crippen LogP contribution in [0.25, 0.3) is 0 Å². The van der Waals surface area contributed by atoms with Gasteiger partial charge in [0.15, 0.2) is 0 Å². The molecule has 0 radical (unpaired) electrons. The number of hydrogen-bond acceptors (Lipinski definition) is 0. The zero-order valence-corrected chi connectivity index (χ0v) is 11.8. The zero-order valence-electron chi connectivity index (χ0n) is 11.8. The Balaban J connectivity index is 1.48. The second-order valence-electron chi connectivity index (χ2n) is 8.47. The van der Waals surface area contributed by atoms with E-state index >= 15 is 0 Å². The minimum absolute atomic E-state index is 0.935. The lowest BCUT2D eigenvalue weighted by atomic mass is 9.66. The van der Waals surface area contributed by atoms with Gasteiger partial charge in [-0.1, -0.05) is 26.0 Å². The Morgan fingerprint density at radius 3 is 1.78 bits per heavy atom. The highest BCUT2D eigenvalue weighted by Crippen LogP contribution is 2.72. The van der Waals surface area contributed by atoms with Crippen LogP contribution in [0.3, 0.4) is 0 Å². The summed E-state index contributed by atoms with van der Waals surface area (Å²) in [7, 11) is 0. The van der Waals surface area contributed by atoms with Crippen molar-refractivity contribution in [1.82, 2.24) is 0 Å². The lowest BCUT2D eigenvalue weighted by Crippen LogP contribution is -2.34. The second-order valence-corrected chi connectivity index (χ2v) is 8.47. The van der Waals surface area contributed by atoms with Gasteiger partial charge in [-0.25, -0.2) is 0 Å². The Morgan fingerprint density at radius 2 is 1.28 bits per heavy atom. The van der Waals surface area contributed by atoms with Crippen molar-refractivity contribution in [3.63, 3.8) is 0 Å². The number of fused-ring (bicyclic) bond motifs is 12. The molecule has 0 aliphatic heterocycles. The molecule has 0 saturated heterocycles. The van der Waals surface area contributed by atoms with Crippen LogP contribution in [0, 0.1) is 59.2 Å². The predicted molar refractivity (Wildman–Crippen MR) is 73.9 cm³/mol. The van der Waals surface area contributed by atoms with E-state index in [2.05, 4.69) is 26.0 Å². The quantitative estimate of drug-likeness (QED) is 0.473. The van der Waals surface area contributed by atoms with Gasteiger partial charge in [0.2, 0.25) is 0 Å². The van der Waals surface area contributed by atoms with E-state index in [4.69, 9.17) is 0 Å². The fourth-order valence-corrected chi connectivity index (χ4v) is 7.33.